The van der Waals surface area contributed by atoms with E-state index in [1.54, 1.807) is 25.0 Å². The zero-order valence-corrected chi connectivity index (χ0v) is 21.5. The van der Waals surface area contributed by atoms with Crippen LogP contribution in [0.4, 0.5) is 0 Å². The van der Waals surface area contributed by atoms with Gasteiger partial charge in [0.25, 0.3) is 5.91 Å². The molecule has 5 unspecified atom stereocenters. The van der Waals surface area contributed by atoms with E-state index in [2.05, 4.69) is 22.5 Å². The number of allylic oxidation sites excluding steroid dienone is 1. The number of ketones is 2. The molecule has 2 heterocycles. The Morgan fingerprint density at radius 1 is 1.24 bits per heavy atom. The highest BCUT2D eigenvalue weighted by molar-refractivity contribution is 6.02. The topological polar surface area (TPSA) is 109 Å². The highest BCUT2D eigenvalue weighted by atomic mass is 16.5. The van der Waals surface area contributed by atoms with E-state index in [9.17, 15) is 19.2 Å². The Morgan fingerprint density at radius 2 is 2.08 bits per heavy atom. The summed E-state index contributed by atoms with van der Waals surface area (Å²) < 4.78 is 5.44. The molecule has 196 valence electrons. The number of aromatic nitrogens is 1. The first-order valence-corrected chi connectivity index (χ1v) is 13.4. The minimum atomic E-state index is -0.716. The van der Waals surface area contributed by atoms with Crippen molar-refractivity contribution in [2.24, 2.45) is 17.8 Å². The molecule has 1 saturated heterocycles. The molecule has 2 N–H and O–H groups in total. The number of hydrogen-bond donors (Lipinski definition) is 2. The van der Waals surface area contributed by atoms with Crippen LogP contribution in [0.2, 0.25) is 0 Å². The minimum absolute atomic E-state index is 0.0310. The first-order chi connectivity index (χ1) is 17.9. The smallest absolute Gasteiger partial charge is 0.271 e. The molecule has 3 aliphatic rings. The molecule has 2 aromatic rings. The van der Waals surface area contributed by atoms with Gasteiger partial charge in [0.05, 0.1) is 13.2 Å². The Morgan fingerprint density at radius 3 is 2.84 bits per heavy atom. The van der Waals surface area contributed by atoms with E-state index in [1.807, 2.05) is 18.2 Å². The molecule has 37 heavy (non-hydrogen) atoms. The lowest BCUT2D eigenvalue weighted by Crippen LogP contribution is -2.53. The van der Waals surface area contributed by atoms with Crippen LogP contribution in [-0.2, 0) is 14.4 Å². The molecule has 1 aromatic carbocycles. The van der Waals surface area contributed by atoms with Gasteiger partial charge in [-0.1, -0.05) is 31.6 Å². The molecule has 5 atom stereocenters. The van der Waals surface area contributed by atoms with Gasteiger partial charge in [-0.25, -0.2) is 0 Å². The number of rotatable bonds is 8. The number of ether oxygens (including phenoxy) is 1. The first kappa shape index (κ1) is 25.2. The Kier molecular flexibility index (Phi) is 7.17. The Hall–Kier alpha value is -3.42. The number of likely N-dealkylation sites (tertiary alicyclic amines) is 1. The fraction of sp³-hybridized carbons (Fsp3) is 0.517. The standard InChI is InChI=1S/C29H35N3O5/c1-3-24(33)22(14-17-8-4-5-12-25(17)34)31-28(35)27-19-10-6-9-18(19)16-32(27)29(36)23-15-20-21(30-23)11-7-13-26(20)37-2/h6-7,9,11,13,15,17-19,22,27,30H,3-5,8,10,12,14,16H2,1-2H3,(H,31,35). The number of carbonyl (C=O) groups is 4. The molecular formula is C29H35N3O5. The van der Waals surface area contributed by atoms with E-state index in [0.29, 0.717) is 37.3 Å². The van der Waals surface area contributed by atoms with Gasteiger partial charge in [-0.3, -0.25) is 19.2 Å². The van der Waals surface area contributed by atoms with E-state index in [4.69, 9.17) is 4.74 Å². The van der Waals surface area contributed by atoms with Crippen LogP contribution < -0.4 is 10.1 Å². The number of amides is 2. The van der Waals surface area contributed by atoms with Crippen molar-refractivity contribution >= 4 is 34.3 Å². The number of nitrogens with zero attached hydrogens (tertiary/aromatic N) is 1. The second-order valence-electron chi connectivity index (χ2n) is 10.5. The monoisotopic (exact) mass is 505 g/mol. The average molecular weight is 506 g/mol. The fourth-order valence-corrected chi connectivity index (χ4v) is 6.34. The lowest BCUT2D eigenvalue weighted by molar-refractivity contribution is -0.132. The van der Waals surface area contributed by atoms with Crippen LogP contribution in [0.25, 0.3) is 10.9 Å². The zero-order valence-electron chi connectivity index (χ0n) is 21.5. The average Bonchev–Trinajstić information content (AvgIpc) is 3.62. The normalized spacial score (nSPS) is 25.8. The maximum Gasteiger partial charge on any atom is 0.271 e. The van der Waals surface area contributed by atoms with Crippen LogP contribution >= 0.6 is 0 Å². The molecule has 0 spiro atoms. The third-order valence-electron chi connectivity index (χ3n) is 8.35. The van der Waals surface area contributed by atoms with Crippen molar-refractivity contribution in [1.82, 2.24) is 15.2 Å². The van der Waals surface area contributed by atoms with Gasteiger partial charge in [-0.2, -0.15) is 0 Å². The van der Waals surface area contributed by atoms with Crippen LogP contribution in [0.5, 0.6) is 5.75 Å². The summed E-state index contributed by atoms with van der Waals surface area (Å²) in [4.78, 5) is 57.6. The van der Waals surface area contributed by atoms with Crippen molar-refractivity contribution < 1.29 is 23.9 Å². The number of nitrogens with one attached hydrogen (secondary N) is 2. The van der Waals surface area contributed by atoms with Crippen LogP contribution in [-0.4, -0.2) is 59.0 Å². The number of fused-ring (bicyclic) bond motifs is 2. The molecule has 8 heteroatoms. The van der Waals surface area contributed by atoms with Gasteiger partial charge in [0.15, 0.2) is 5.78 Å². The molecule has 1 aliphatic heterocycles. The van der Waals surface area contributed by atoms with Crippen LogP contribution in [0, 0.1) is 17.8 Å². The Balaban J connectivity index is 1.39. The molecular weight excluding hydrogens is 470 g/mol. The van der Waals surface area contributed by atoms with Crippen molar-refractivity contribution in [2.75, 3.05) is 13.7 Å². The van der Waals surface area contributed by atoms with Gasteiger partial charge in [0, 0.05) is 42.1 Å². The van der Waals surface area contributed by atoms with Gasteiger partial charge in [-0.05, 0) is 49.8 Å². The van der Waals surface area contributed by atoms with Crippen molar-refractivity contribution in [2.45, 2.75) is 64.0 Å². The van der Waals surface area contributed by atoms with Crippen molar-refractivity contribution in [3.8, 4) is 5.75 Å². The summed E-state index contributed by atoms with van der Waals surface area (Å²) in [6.07, 6.45) is 8.64. The van der Waals surface area contributed by atoms with E-state index >= 15 is 0 Å². The summed E-state index contributed by atoms with van der Waals surface area (Å²) in [5.41, 5.74) is 1.18. The molecule has 2 amide bonds. The summed E-state index contributed by atoms with van der Waals surface area (Å²) in [6.45, 7) is 2.22. The molecule has 1 aromatic heterocycles. The number of Topliss-reactive ketones (excluding diaryl/α,β-unsaturated/α-hetero) is 2. The van der Waals surface area contributed by atoms with Crippen LogP contribution in [0.1, 0.15) is 62.4 Å². The van der Waals surface area contributed by atoms with Gasteiger partial charge >= 0.3 is 0 Å². The van der Waals surface area contributed by atoms with Gasteiger partial charge in [-0.15, -0.1) is 0 Å². The van der Waals surface area contributed by atoms with E-state index in [1.165, 1.54) is 0 Å². The maximum absolute atomic E-state index is 13.8. The predicted octanol–water partition coefficient (Wildman–Crippen LogP) is 3.81. The summed E-state index contributed by atoms with van der Waals surface area (Å²) in [6, 6.07) is 5.95. The SMILES string of the molecule is CCC(=O)C(CC1CCCCC1=O)NC(=O)C1C2CC=CC2CN1C(=O)c1cc2c(OC)cccc2[nH]1. The lowest BCUT2D eigenvalue weighted by Gasteiger charge is -2.30. The number of carbonyl (C=O) groups excluding carboxylic acids is 4. The number of hydrogen-bond acceptors (Lipinski definition) is 5. The molecule has 0 radical (unpaired) electrons. The first-order valence-electron chi connectivity index (χ1n) is 13.4. The third-order valence-corrected chi connectivity index (χ3v) is 8.35. The summed E-state index contributed by atoms with van der Waals surface area (Å²) in [5, 5.41) is 3.78. The second-order valence-corrected chi connectivity index (χ2v) is 10.5. The van der Waals surface area contributed by atoms with E-state index in [0.717, 1.165) is 30.2 Å². The van der Waals surface area contributed by atoms with Gasteiger partial charge in [0.2, 0.25) is 5.91 Å². The molecule has 8 nitrogen and oxygen atoms in total. The van der Waals surface area contributed by atoms with Crippen LogP contribution in [0.15, 0.2) is 36.4 Å². The van der Waals surface area contributed by atoms with E-state index in [-0.39, 0.29) is 47.6 Å². The number of H-pyrrole nitrogens is 1. The predicted molar refractivity (Wildman–Crippen MR) is 139 cm³/mol. The number of aromatic amines is 1. The summed E-state index contributed by atoms with van der Waals surface area (Å²) >= 11 is 0. The summed E-state index contributed by atoms with van der Waals surface area (Å²) in [5.74, 6) is 0.0816. The zero-order chi connectivity index (χ0) is 26.1. The number of benzene rings is 1. The summed E-state index contributed by atoms with van der Waals surface area (Å²) in [7, 11) is 1.59. The van der Waals surface area contributed by atoms with Crippen molar-refractivity contribution in [1.29, 1.82) is 0 Å². The van der Waals surface area contributed by atoms with Crippen LogP contribution in [0.3, 0.4) is 0 Å². The fourth-order valence-electron chi connectivity index (χ4n) is 6.34. The quantitative estimate of drug-likeness (QED) is 0.531. The van der Waals surface area contributed by atoms with Gasteiger partial charge in [0.1, 0.15) is 23.3 Å². The maximum atomic E-state index is 13.8. The largest absolute Gasteiger partial charge is 0.496 e. The number of methoxy groups -OCH3 is 1. The minimum Gasteiger partial charge on any atom is -0.496 e. The van der Waals surface area contributed by atoms with Crippen molar-refractivity contribution in [3.05, 3.63) is 42.1 Å². The molecule has 5 rings (SSSR count). The third kappa shape index (κ3) is 4.81. The van der Waals surface area contributed by atoms with E-state index < -0.39 is 12.1 Å². The molecule has 2 aliphatic carbocycles. The lowest BCUT2D eigenvalue weighted by atomic mass is 9.82. The molecule has 1 saturated carbocycles. The Labute approximate surface area is 216 Å². The molecule has 0 bridgehead atoms. The van der Waals surface area contributed by atoms with Gasteiger partial charge < -0.3 is 19.9 Å². The highest BCUT2D eigenvalue weighted by Crippen LogP contribution is 2.39. The molecule has 2 fully saturated rings. The second kappa shape index (κ2) is 10.5. The highest BCUT2D eigenvalue weighted by Gasteiger charge is 2.48. The van der Waals surface area contributed by atoms with Crippen molar-refractivity contribution in [3.63, 3.8) is 0 Å². The Bertz CT molecular complexity index is 1250.